The van der Waals surface area contributed by atoms with Gasteiger partial charge < -0.3 is 14.8 Å². The summed E-state index contributed by atoms with van der Waals surface area (Å²) in [5, 5.41) is 11.7. The molecule has 2 aromatic heterocycles. The molecule has 0 fully saturated rings. The fraction of sp³-hybridized carbons (Fsp3) is 0.435. The maximum atomic E-state index is 14.5. The Bertz CT molecular complexity index is 1200. The Balaban J connectivity index is 1.48. The smallest absolute Gasteiger partial charge is 0.210 e. The molecule has 7 nitrogen and oxygen atoms in total. The van der Waals surface area contributed by atoms with Crippen LogP contribution in [-0.4, -0.2) is 37.4 Å². The van der Waals surface area contributed by atoms with Crippen LogP contribution >= 0.6 is 0 Å². The van der Waals surface area contributed by atoms with Crippen LogP contribution in [0.2, 0.25) is 0 Å². The van der Waals surface area contributed by atoms with E-state index in [1.54, 1.807) is 12.4 Å². The van der Waals surface area contributed by atoms with Crippen molar-refractivity contribution in [1.82, 2.24) is 19.6 Å². The van der Waals surface area contributed by atoms with E-state index in [-0.39, 0.29) is 11.4 Å². The van der Waals surface area contributed by atoms with Crippen molar-refractivity contribution in [2.24, 2.45) is 0 Å². The van der Waals surface area contributed by atoms with E-state index in [4.69, 9.17) is 9.47 Å². The number of nitrogens with zero attached hydrogens (tertiary/aromatic N) is 4. The lowest BCUT2D eigenvalue weighted by Gasteiger charge is -2.40. The molecule has 1 aromatic carbocycles. The molecule has 2 aliphatic heterocycles. The van der Waals surface area contributed by atoms with Crippen molar-refractivity contribution in [2.45, 2.75) is 58.3 Å². The second kappa shape index (κ2) is 7.02. The minimum Gasteiger partial charge on any atom is -0.493 e. The highest BCUT2D eigenvalue weighted by Crippen LogP contribution is 2.39. The van der Waals surface area contributed by atoms with Crippen molar-refractivity contribution < 1.29 is 13.9 Å². The van der Waals surface area contributed by atoms with E-state index in [2.05, 4.69) is 54.3 Å². The van der Waals surface area contributed by atoms with E-state index in [1.165, 1.54) is 6.07 Å². The van der Waals surface area contributed by atoms with Gasteiger partial charge in [-0.1, -0.05) is 0 Å². The predicted molar refractivity (Wildman–Crippen MR) is 116 cm³/mol. The van der Waals surface area contributed by atoms with Gasteiger partial charge in [-0.05, 0) is 51.5 Å². The highest BCUT2D eigenvalue weighted by atomic mass is 19.1. The van der Waals surface area contributed by atoms with E-state index in [0.29, 0.717) is 36.7 Å². The third-order valence-corrected chi connectivity index (χ3v) is 5.72. The summed E-state index contributed by atoms with van der Waals surface area (Å²) in [7, 11) is 0. The molecular formula is C23H26FN5O2. The van der Waals surface area contributed by atoms with Gasteiger partial charge in [0.1, 0.15) is 17.9 Å². The fourth-order valence-corrected chi connectivity index (χ4v) is 4.73. The maximum Gasteiger partial charge on any atom is 0.210 e. The van der Waals surface area contributed by atoms with Gasteiger partial charge >= 0.3 is 0 Å². The monoisotopic (exact) mass is 423 g/mol. The molecule has 162 valence electrons. The number of ether oxygens (including phenoxy) is 2. The van der Waals surface area contributed by atoms with Gasteiger partial charge in [0.25, 0.3) is 0 Å². The first kappa shape index (κ1) is 19.9. The Kier molecular flexibility index (Phi) is 4.51. The molecular weight excluding hydrogens is 397 g/mol. The van der Waals surface area contributed by atoms with Crippen molar-refractivity contribution in [2.75, 3.05) is 11.9 Å². The second-order valence-electron chi connectivity index (χ2n) is 9.29. The Morgan fingerprint density at radius 2 is 2.06 bits per heavy atom. The molecule has 31 heavy (non-hydrogen) atoms. The molecule has 0 saturated heterocycles. The summed E-state index contributed by atoms with van der Waals surface area (Å²) in [6.45, 7) is 9.16. The fourth-order valence-electron chi connectivity index (χ4n) is 4.73. The number of anilines is 1. The van der Waals surface area contributed by atoms with Gasteiger partial charge in [0.2, 0.25) is 5.95 Å². The summed E-state index contributed by atoms with van der Waals surface area (Å²) in [5.41, 5.74) is 3.60. The summed E-state index contributed by atoms with van der Waals surface area (Å²) < 4.78 is 28.0. The zero-order chi connectivity index (χ0) is 21.8. The Morgan fingerprint density at radius 1 is 1.23 bits per heavy atom. The van der Waals surface area contributed by atoms with Gasteiger partial charge in [-0.3, -0.25) is 4.40 Å². The molecule has 4 heterocycles. The Morgan fingerprint density at radius 3 is 2.87 bits per heavy atom. The number of halogens is 1. The second-order valence-corrected chi connectivity index (χ2v) is 9.29. The average Bonchev–Trinajstić information content (AvgIpc) is 3.34. The minimum atomic E-state index is -0.391. The SMILES string of the molecule is CC1(C)C=C(c2cnc(NCc3c(F)ccc4c3CCO4)n3cnnc23)CC(C)(C)O1. The molecule has 1 N–H and O–H groups in total. The molecule has 0 unspecified atom stereocenters. The lowest BCUT2D eigenvalue weighted by Crippen LogP contribution is -2.39. The van der Waals surface area contributed by atoms with Crippen LogP contribution in [0.1, 0.15) is 50.8 Å². The summed E-state index contributed by atoms with van der Waals surface area (Å²) >= 11 is 0. The average molecular weight is 423 g/mol. The topological polar surface area (TPSA) is 73.6 Å². The van der Waals surface area contributed by atoms with Gasteiger partial charge in [0.05, 0.1) is 17.8 Å². The largest absolute Gasteiger partial charge is 0.493 e. The van der Waals surface area contributed by atoms with Crippen molar-refractivity contribution in [3.63, 3.8) is 0 Å². The third-order valence-electron chi connectivity index (χ3n) is 5.72. The van der Waals surface area contributed by atoms with E-state index < -0.39 is 5.60 Å². The molecule has 0 spiro atoms. The Labute approximate surface area is 180 Å². The van der Waals surface area contributed by atoms with Crippen LogP contribution in [0.4, 0.5) is 10.3 Å². The van der Waals surface area contributed by atoms with Crippen molar-refractivity contribution in [3.05, 3.63) is 53.2 Å². The molecule has 0 amide bonds. The first-order valence-electron chi connectivity index (χ1n) is 10.5. The molecule has 5 rings (SSSR count). The molecule has 0 bridgehead atoms. The van der Waals surface area contributed by atoms with E-state index >= 15 is 0 Å². The van der Waals surface area contributed by atoms with Crippen LogP contribution in [0, 0.1) is 5.82 Å². The van der Waals surface area contributed by atoms with E-state index in [9.17, 15) is 4.39 Å². The van der Waals surface area contributed by atoms with Crippen molar-refractivity contribution in [1.29, 1.82) is 0 Å². The summed E-state index contributed by atoms with van der Waals surface area (Å²) in [4.78, 5) is 4.62. The first-order chi connectivity index (χ1) is 14.7. The normalized spacial score (nSPS) is 19.1. The van der Waals surface area contributed by atoms with Gasteiger partial charge in [-0.2, -0.15) is 0 Å². The van der Waals surface area contributed by atoms with Gasteiger partial charge in [-0.15, -0.1) is 10.2 Å². The van der Waals surface area contributed by atoms with Crippen molar-refractivity contribution in [3.8, 4) is 5.75 Å². The van der Waals surface area contributed by atoms with Crippen LogP contribution in [0.3, 0.4) is 0 Å². The standard InChI is InChI=1S/C23H26FN5O2/c1-22(2)9-14(10-23(3,4)31-22)16-11-25-21(29-13-27-28-20(16)29)26-12-17-15-7-8-30-19(15)6-5-18(17)24/h5-6,9,11,13H,7-8,10,12H2,1-4H3,(H,25,26). The molecule has 8 heteroatoms. The molecule has 2 aliphatic rings. The lowest BCUT2D eigenvalue weighted by atomic mass is 9.86. The molecule has 0 saturated carbocycles. The number of aromatic nitrogens is 4. The minimum absolute atomic E-state index is 0.245. The quantitative estimate of drug-likeness (QED) is 0.679. The van der Waals surface area contributed by atoms with Crippen LogP contribution < -0.4 is 10.1 Å². The summed E-state index contributed by atoms with van der Waals surface area (Å²) in [6, 6.07) is 3.14. The zero-order valence-electron chi connectivity index (χ0n) is 18.2. The van der Waals surface area contributed by atoms with Gasteiger partial charge in [0.15, 0.2) is 5.65 Å². The number of hydrogen-bond acceptors (Lipinski definition) is 6. The lowest BCUT2D eigenvalue weighted by molar-refractivity contribution is -0.100. The highest BCUT2D eigenvalue weighted by Gasteiger charge is 2.35. The van der Waals surface area contributed by atoms with Crippen LogP contribution in [0.25, 0.3) is 11.2 Å². The zero-order valence-corrected chi connectivity index (χ0v) is 18.2. The van der Waals surface area contributed by atoms with Crippen LogP contribution in [0.15, 0.2) is 30.7 Å². The summed E-state index contributed by atoms with van der Waals surface area (Å²) in [6.07, 6.45) is 7.01. The molecule has 3 aromatic rings. The maximum absolute atomic E-state index is 14.5. The third kappa shape index (κ3) is 3.65. The predicted octanol–water partition coefficient (Wildman–Crippen LogP) is 4.17. The van der Waals surface area contributed by atoms with E-state index in [0.717, 1.165) is 28.9 Å². The van der Waals surface area contributed by atoms with Gasteiger partial charge in [0, 0.05) is 42.3 Å². The van der Waals surface area contributed by atoms with Crippen LogP contribution in [-0.2, 0) is 17.7 Å². The van der Waals surface area contributed by atoms with Crippen LogP contribution in [0.5, 0.6) is 5.75 Å². The number of hydrogen-bond donors (Lipinski definition) is 1. The molecule has 0 atom stereocenters. The number of rotatable bonds is 4. The first-order valence-corrected chi connectivity index (χ1v) is 10.5. The summed E-state index contributed by atoms with van der Waals surface area (Å²) in [5.74, 6) is 1.07. The number of fused-ring (bicyclic) bond motifs is 2. The van der Waals surface area contributed by atoms with E-state index in [1.807, 2.05) is 10.6 Å². The van der Waals surface area contributed by atoms with Crippen molar-refractivity contribution >= 4 is 17.2 Å². The number of nitrogens with one attached hydrogen (secondary N) is 1. The van der Waals surface area contributed by atoms with Gasteiger partial charge in [-0.25, -0.2) is 9.37 Å². The number of benzene rings is 1. The molecule has 0 radical (unpaired) electrons. The highest BCUT2D eigenvalue weighted by molar-refractivity contribution is 5.77. The molecule has 0 aliphatic carbocycles. The Hall–Kier alpha value is -3.00.